The number of carbonyl (C=O) groups is 1. The lowest BCUT2D eigenvalue weighted by Crippen LogP contribution is -2.31. The van der Waals surface area contributed by atoms with Gasteiger partial charge in [0.25, 0.3) is 0 Å². The molecule has 0 N–H and O–H groups in total. The van der Waals surface area contributed by atoms with Gasteiger partial charge in [0.2, 0.25) is 10.0 Å². The second-order valence-corrected chi connectivity index (χ2v) is 10.9. The molecule has 5 rings (SSSR count). The summed E-state index contributed by atoms with van der Waals surface area (Å²) in [5, 5.41) is 0. The second kappa shape index (κ2) is 6.54. The SMILES string of the molecule is C[C@]12C(=O)[C@@](C)(C(c3ccccc3)=C1c1ccccc1)[C@H]1C=CN(S(C)(=O)=O)C=C[C@@H]12. The van der Waals surface area contributed by atoms with E-state index in [2.05, 4.69) is 24.3 Å². The van der Waals surface area contributed by atoms with E-state index in [1.54, 1.807) is 12.4 Å². The Morgan fingerprint density at radius 3 is 1.48 bits per heavy atom. The minimum absolute atomic E-state index is 0.129. The summed E-state index contributed by atoms with van der Waals surface area (Å²) >= 11 is 0. The van der Waals surface area contributed by atoms with Crippen molar-refractivity contribution in [3.8, 4) is 0 Å². The summed E-state index contributed by atoms with van der Waals surface area (Å²) in [6.45, 7) is 4.07. The molecule has 0 spiro atoms. The molecule has 1 heterocycles. The molecule has 1 saturated carbocycles. The largest absolute Gasteiger partial charge is 0.298 e. The predicted octanol–water partition coefficient (Wildman–Crippen LogP) is 4.74. The zero-order chi connectivity index (χ0) is 22.0. The molecule has 5 heteroatoms. The molecule has 3 aliphatic rings. The first-order valence-corrected chi connectivity index (χ1v) is 12.3. The quantitative estimate of drug-likeness (QED) is 0.705. The van der Waals surface area contributed by atoms with Gasteiger partial charge < -0.3 is 0 Å². The Labute approximate surface area is 183 Å². The summed E-state index contributed by atoms with van der Waals surface area (Å²) in [4.78, 5) is 14.1. The van der Waals surface area contributed by atoms with Gasteiger partial charge in [0.15, 0.2) is 5.78 Å². The number of Topliss-reactive ketones (excluding diaryl/α,β-unsaturated/α-hetero) is 1. The maximum absolute atomic E-state index is 14.1. The molecule has 0 amide bonds. The van der Waals surface area contributed by atoms with Crippen molar-refractivity contribution in [3.05, 3.63) is 96.3 Å². The minimum Gasteiger partial charge on any atom is -0.298 e. The van der Waals surface area contributed by atoms with Crippen LogP contribution in [0.25, 0.3) is 11.1 Å². The zero-order valence-electron chi connectivity index (χ0n) is 17.8. The lowest BCUT2D eigenvalue weighted by atomic mass is 9.62. The van der Waals surface area contributed by atoms with Crippen LogP contribution in [0, 0.1) is 22.7 Å². The van der Waals surface area contributed by atoms with Gasteiger partial charge in [-0.3, -0.25) is 9.10 Å². The fourth-order valence-corrected chi connectivity index (χ4v) is 6.57. The third-order valence-corrected chi connectivity index (χ3v) is 8.35. The highest BCUT2D eigenvalue weighted by molar-refractivity contribution is 7.88. The van der Waals surface area contributed by atoms with Gasteiger partial charge in [0.1, 0.15) is 0 Å². The third kappa shape index (κ3) is 2.59. The minimum atomic E-state index is -3.42. The molecule has 0 saturated heterocycles. The summed E-state index contributed by atoms with van der Waals surface area (Å²) in [5.41, 5.74) is 2.69. The van der Waals surface area contributed by atoms with Gasteiger partial charge in [0.05, 0.1) is 17.1 Å². The van der Waals surface area contributed by atoms with E-state index in [-0.39, 0.29) is 17.6 Å². The molecule has 158 valence electrons. The Balaban J connectivity index is 1.81. The number of fused-ring (bicyclic) bond motifs is 5. The standard InChI is InChI=1S/C26H25NO3S/c1-25-20-14-16-27(31(3,29)30)17-15-21(20)26(2,24(25)28)23(19-12-8-5-9-13-19)22(25)18-10-6-4-7-11-18/h4-17,20-21H,1-3H3/t20-,21-,25+,26+/m0/s1. The number of hydrogen-bond donors (Lipinski definition) is 0. The van der Waals surface area contributed by atoms with Crippen molar-refractivity contribution in [3.63, 3.8) is 0 Å². The molecule has 0 aromatic heterocycles. The molecule has 4 atom stereocenters. The van der Waals surface area contributed by atoms with Gasteiger partial charge in [-0.05, 0) is 36.1 Å². The van der Waals surface area contributed by atoms with Crippen molar-refractivity contribution in [1.29, 1.82) is 0 Å². The van der Waals surface area contributed by atoms with Crippen LogP contribution in [0.15, 0.2) is 85.2 Å². The molecule has 2 aliphatic carbocycles. The van der Waals surface area contributed by atoms with E-state index in [9.17, 15) is 13.2 Å². The smallest absolute Gasteiger partial charge is 0.235 e. The molecular formula is C26H25NO3S. The first-order chi connectivity index (χ1) is 14.7. The number of hydrogen-bond acceptors (Lipinski definition) is 3. The van der Waals surface area contributed by atoms with E-state index in [1.165, 1.54) is 10.6 Å². The highest BCUT2D eigenvalue weighted by atomic mass is 32.2. The average Bonchev–Trinajstić information content (AvgIpc) is 2.95. The van der Waals surface area contributed by atoms with Gasteiger partial charge in [-0.15, -0.1) is 0 Å². The van der Waals surface area contributed by atoms with E-state index in [0.717, 1.165) is 22.3 Å². The van der Waals surface area contributed by atoms with Crippen LogP contribution in [0.5, 0.6) is 0 Å². The molecule has 31 heavy (non-hydrogen) atoms. The molecule has 2 bridgehead atoms. The van der Waals surface area contributed by atoms with Gasteiger partial charge >= 0.3 is 0 Å². The van der Waals surface area contributed by atoms with Crippen LogP contribution < -0.4 is 0 Å². The second-order valence-electron chi connectivity index (χ2n) is 9.04. The van der Waals surface area contributed by atoms with Crippen molar-refractivity contribution in [2.45, 2.75) is 13.8 Å². The van der Waals surface area contributed by atoms with Crippen LogP contribution >= 0.6 is 0 Å². The molecule has 1 fully saturated rings. The van der Waals surface area contributed by atoms with Crippen LogP contribution in [0.4, 0.5) is 0 Å². The molecule has 0 radical (unpaired) electrons. The van der Waals surface area contributed by atoms with Crippen LogP contribution in [-0.4, -0.2) is 24.8 Å². The summed E-state index contributed by atoms with van der Waals surface area (Å²) in [6.07, 6.45) is 8.22. The Kier molecular flexibility index (Phi) is 4.22. The van der Waals surface area contributed by atoms with E-state index < -0.39 is 20.9 Å². The van der Waals surface area contributed by atoms with Gasteiger partial charge in [-0.1, -0.05) is 72.8 Å². The molecule has 4 nitrogen and oxygen atoms in total. The normalized spacial score (nSPS) is 31.8. The van der Waals surface area contributed by atoms with Crippen LogP contribution in [0.3, 0.4) is 0 Å². The number of rotatable bonds is 3. The fourth-order valence-electron chi connectivity index (χ4n) is 5.99. The molecule has 1 aliphatic heterocycles. The summed E-state index contributed by atoms with van der Waals surface area (Å²) in [5.74, 6) is -0.0545. The van der Waals surface area contributed by atoms with Crippen molar-refractivity contribution >= 4 is 27.0 Å². The van der Waals surface area contributed by atoms with Gasteiger partial charge in [-0.2, -0.15) is 0 Å². The van der Waals surface area contributed by atoms with Crippen molar-refractivity contribution in [2.75, 3.05) is 6.26 Å². The maximum atomic E-state index is 14.1. The lowest BCUT2D eigenvalue weighted by molar-refractivity contribution is -0.127. The van der Waals surface area contributed by atoms with Gasteiger partial charge in [0, 0.05) is 24.2 Å². The van der Waals surface area contributed by atoms with E-state index in [4.69, 9.17) is 0 Å². The molecule has 2 aromatic rings. The predicted molar refractivity (Wildman–Crippen MR) is 123 cm³/mol. The third-order valence-electron chi connectivity index (χ3n) is 7.34. The fraction of sp³-hybridized carbons (Fsp3) is 0.269. The summed E-state index contributed by atoms with van der Waals surface area (Å²) < 4.78 is 25.6. The first-order valence-electron chi connectivity index (χ1n) is 10.5. The lowest BCUT2D eigenvalue weighted by Gasteiger charge is -2.39. The van der Waals surface area contributed by atoms with Crippen molar-refractivity contribution in [2.24, 2.45) is 22.7 Å². The Bertz CT molecular complexity index is 1180. The number of carbonyl (C=O) groups excluding carboxylic acids is 1. The number of ketones is 1. The van der Waals surface area contributed by atoms with Crippen molar-refractivity contribution < 1.29 is 13.2 Å². The van der Waals surface area contributed by atoms with Crippen LogP contribution in [-0.2, 0) is 14.8 Å². The Hall–Kier alpha value is -2.92. The summed E-state index contributed by atoms with van der Waals surface area (Å²) in [7, 11) is -3.42. The highest BCUT2D eigenvalue weighted by Gasteiger charge is 2.70. The van der Waals surface area contributed by atoms with Gasteiger partial charge in [-0.25, -0.2) is 8.42 Å². The zero-order valence-corrected chi connectivity index (χ0v) is 18.6. The van der Waals surface area contributed by atoms with Crippen LogP contribution in [0.1, 0.15) is 25.0 Å². The monoisotopic (exact) mass is 431 g/mol. The van der Waals surface area contributed by atoms with E-state index >= 15 is 0 Å². The maximum Gasteiger partial charge on any atom is 0.235 e. The number of nitrogens with zero attached hydrogens (tertiary/aromatic N) is 1. The molecule has 2 aromatic carbocycles. The average molecular weight is 432 g/mol. The van der Waals surface area contributed by atoms with Crippen LogP contribution in [0.2, 0.25) is 0 Å². The number of allylic oxidation sites excluding steroid dienone is 4. The topological polar surface area (TPSA) is 54.5 Å². The van der Waals surface area contributed by atoms with Crippen molar-refractivity contribution in [1.82, 2.24) is 4.31 Å². The first kappa shape index (κ1) is 20.0. The molecule has 0 unspecified atom stereocenters. The Morgan fingerprint density at radius 2 is 1.13 bits per heavy atom. The highest BCUT2D eigenvalue weighted by Crippen LogP contribution is 2.72. The Morgan fingerprint density at radius 1 is 0.742 bits per heavy atom. The number of benzene rings is 2. The number of sulfonamides is 1. The van der Waals surface area contributed by atoms with E-state index in [0.29, 0.717) is 0 Å². The van der Waals surface area contributed by atoms with E-state index in [1.807, 2.05) is 62.4 Å². The molecular weight excluding hydrogens is 406 g/mol. The summed E-state index contributed by atoms with van der Waals surface area (Å²) in [6, 6.07) is 20.2.